The third kappa shape index (κ3) is 3.62. The molecular weight excluding hydrogens is 326 g/mol. The van der Waals surface area contributed by atoms with Crippen LogP contribution in [0, 0.1) is 6.92 Å². The zero-order valence-electron chi connectivity index (χ0n) is 13.4. The van der Waals surface area contributed by atoms with Gasteiger partial charge in [-0.2, -0.15) is 0 Å². The molecule has 126 valence electrons. The van der Waals surface area contributed by atoms with Gasteiger partial charge in [-0.05, 0) is 31.9 Å². The standard InChI is InChI=1S/C17H19N3O3S/c1-11-10-14(19-23-11)17(22)20-8-6-12(7-9-20)18-16(21)13-4-2-3-5-15(13)24/h2-5,10,12,24H,6-9H2,1H3,(H,18,21). The Hall–Kier alpha value is -2.28. The number of amides is 2. The van der Waals surface area contributed by atoms with Crippen molar-refractivity contribution in [2.24, 2.45) is 0 Å². The average Bonchev–Trinajstić information content (AvgIpc) is 3.02. The molecule has 24 heavy (non-hydrogen) atoms. The molecule has 1 fully saturated rings. The highest BCUT2D eigenvalue weighted by atomic mass is 32.1. The van der Waals surface area contributed by atoms with Gasteiger partial charge in [0.2, 0.25) is 0 Å². The molecule has 0 spiro atoms. The number of aryl methyl sites for hydroxylation is 1. The van der Waals surface area contributed by atoms with E-state index in [2.05, 4.69) is 23.1 Å². The van der Waals surface area contributed by atoms with Gasteiger partial charge in [0, 0.05) is 30.1 Å². The third-order valence-corrected chi connectivity index (χ3v) is 4.50. The van der Waals surface area contributed by atoms with Crippen molar-refractivity contribution in [2.45, 2.75) is 30.7 Å². The number of hydrogen-bond donors (Lipinski definition) is 2. The predicted molar refractivity (Wildman–Crippen MR) is 91.3 cm³/mol. The van der Waals surface area contributed by atoms with Crippen LogP contribution in [0.15, 0.2) is 39.8 Å². The van der Waals surface area contributed by atoms with Crippen molar-refractivity contribution in [3.05, 3.63) is 47.3 Å². The molecule has 0 bridgehead atoms. The van der Waals surface area contributed by atoms with Gasteiger partial charge in [-0.1, -0.05) is 17.3 Å². The summed E-state index contributed by atoms with van der Waals surface area (Å²) in [7, 11) is 0. The topological polar surface area (TPSA) is 75.4 Å². The van der Waals surface area contributed by atoms with Crippen LogP contribution in [0.25, 0.3) is 0 Å². The molecule has 2 aromatic rings. The third-order valence-electron chi connectivity index (χ3n) is 4.11. The number of rotatable bonds is 3. The number of benzene rings is 1. The van der Waals surface area contributed by atoms with E-state index >= 15 is 0 Å². The number of likely N-dealkylation sites (tertiary alicyclic amines) is 1. The molecule has 3 rings (SSSR count). The number of carbonyl (C=O) groups excluding carboxylic acids is 2. The van der Waals surface area contributed by atoms with Crippen LogP contribution < -0.4 is 5.32 Å². The normalized spacial score (nSPS) is 15.3. The van der Waals surface area contributed by atoms with Crippen molar-refractivity contribution in [1.29, 1.82) is 0 Å². The van der Waals surface area contributed by atoms with Crippen LogP contribution >= 0.6 is 12.6 Å². The van der Waals surface area contributed by atoms with Gasteiger partial charge >= 0.3 is 0 Å². The van der Waals surface area contributed by atoms with Gasteiger partial charge in [0.15, 0.2) is 5.69 Å². The molecular formula is C17H19N3O3S. The molecule has 0 atom stereocenters. The zero-order chi connectivity index (χ0) is 17.1. The second-order valence-electron chi connectivity index (χ2n) is 5.88. The molecule has 0 unspecified atom stereocenters. The van der Waals surface area contributed by atoms with Crippen LogP contribution in [-0.2, 0) is 0 Å². The molecule has 1 aliphatic heterocycles. The van der Waals surface area contributed by atoms with E-state index in [0.29, 0.717) is 47.8 Å². The number of thiol groups is 1. The molecule has 0 radical (unpaired) electrons. The molecule has 1 N–H and O–H groups in total. The average molecular weight is 345 g/mol. The summed E-state index contributed by atoms with van der Waals surface area (Å²) < 4.78 is 4.95. The molecule has 0 saturated carbocycles. The van der Waals surface area contributed by atoms with Crippen molar-refractivity contribution in [3.63, 3.8) is 0 Å². The molecule has 2 amide bonds. The summed E-state index contributed by atoms with van der Waals surface area (Å²) in [4.78, 5) is 27.0. The SMILES string of the molecule is Cc1cc(C(=O)N2CCC(NC(=O)c3ccccc3S)CC2)no1. The van der Waals surface area contributed by atoms with E-state index in [9.17, 15) is 9.59 Å². The van der Waals surface area contributed by atoms with Gasteiger partial charge in [-0.15, -0.1) is 12.6 Å². The van der Waals surface area contributed by atoms with E-state index < -0.39 is 0 Å². The molecule has 6 nitrogen and oxygen atoms in total. The van der Waals surface area contributed by atoms with Crippen molar-refractivity contribution < 1.29 is 14.1 Å². The van der Waals surface area contributed by atoms with Gasteiger partial charge in [0.25, 0.3) is 11.8 Å². The lowest BCUT2D eigenvalue weighted by molar-refractivity contribution is 0.0688. The zero-order valence-corrected chi connectivity index (χ0v) is 14.3. The smallest absolute Gasteiger partial charge is 0.276 e. The lowest BCUT2D eigenvalue weighted by atomic mass is 10.0. The monoisotopic (exact) mass is 345 g/mol. The first kappa shape index (κ1) is 16.6. The van der Waals surface area contributed by atoms with E-state index in [0.717, 1.165) is 0 Å². The number of carbonyl (C=O) groups is 2. The van der Waals surface area contributed by atoms with E-state index in [1.807, 2.05) is 12.1 Å². The first-order chi connectivity index (χ1) is 11.5. The summed E-state index contributed by atoms with van der Waals surface area (Å²) >= 11 is 4.31. The van der Waals surface area contributed by atoms with Crippen LogP contribution in [0.2, 0.25) is 0 Å². The lowest BCUT2D eigenvalue weighted by Gasteiger charge is -2.32. The quantitative estimate of drug-likeness (QED) is 0.837. The number of nitrogens with zero attached hydrogens (tertiary/aromatic N) is 2. The van der Waals surface area contributed by atoms with Crippen molar-refractivity contribution in [3.8, 4) is 0 Å². The Morgan fingerprint density at radius 3 is 2.62 bits per heavy atom. The maximum absolute atomic E-state index is 12.3. The summed E-state index contributed by atoms with van der Waals surface area (Å²) in [5.41, 5.74) is 0.899. The Morgan fingerprint density at radius 1 is 1.29 bits per heavy atom. The summed E-state index contributed by atoms with van der Waals surface area (Å²) in [6.07, 6.45) is 1.42. The molecule has 7 heteroatoms. The Balaban J connectivity index is 1.55. The van der Waals surface area contributed by atoms with Crippen molar-refractivity contribution in [2.75, 3.05) is 13.1 Å². The fourth-order valence-corrected chi connectivity index (χ4v) is 3.05. The maximum Gasteiger partial charge on any atom is 0.276 e. The van der Waals surface area contributed by atoms with Crippen LogP contribution in [0.5, 0.6) is 0 Å². The van der Waals surface area contributed by atoms with Crippen LogP contribution in [0.3, 0.4) is 0 Å². The Kier molecular flexibility index (Phi) is 4.89. The first-order valence-corrected chi connectivity index (χ1v) is 8.31. The van der Waals surface area contributed by atoms with Crippen LogP contribution in [0.1, 0.15) is 39.4 Å². The van der Waals surface area contributed by atoms with Crippen LogP contribution in [0.4, 0.5) is 0 Å². The Bertz CT molecular complexity index is 751. The van der Waals surface area contributed by atoms with E-state index in [1.54, 1.807) is 30.0 Å². The van der Waals surface area contributed by atoms with Gasteiger partial charge in [-0.3, -0.25) is 9.59 Å². The number of hydrogen-bond acceptors (Lipinski definition) is 5. The largest absolute Gasteiger partial charge is 0.361 e. The van der Waals surface area contributed by atoms with Gasteiger partial charge in [0.1, 0.15) is 5.76 Å². The molecule has 2 heterocycles. The minimum atomic E-state index is -0.127. The number of nitrogens with one attached hydrogen (secondary N) is 1. The lowest BCUT2D eigenvalue weighted by Crippen LogP contribution is -2.46. The number of aromatic nitrogens is 1. The van der Waals surface area contributed by atoms with Crippen molar-refractivity contribution in [1.82, 2.24) is 15.4 Å². The molecule has 1 aromatic carbocycles. The summed E-state index contributed by atoms with van der Waals surface area (Å²) in [5.74, 6) is 0.362. The molecule has 1 saturated heterocycles. The highest BCUT2D eigenvalue weighted by molar-refractivity contribution is 7.80. The first-order valence-electron chi connectivity index (χ1n) is 7.86. The molecule has 1 aromatic heterocycles. The second-order valence-corrected chi connectivity index (χ2v) is 6.36. The minimum absolute atomic E-state index is 0.0496. The fourth-order valence-electron chi connectivity index (χ4n) is 2.78. The maximum atomic E-state index is 12.3. The summed E-state index contributed by atoms with van der Waals surface area (Å²) in [6, 6.07) is 8.89. The fraction of sp³-hybridized carbons (Fsp3) is 0.353. The van der Waals surface area contributed by atoms with Gasteiger partial charge in [-0.25, -0.2) is 0 Å². The van der Waals surface area contributed by atoms with E-state index in [4.69, 9.17) is 4.52 Å². The van der Waals surface area contributed by atoms with Crippen molar-refractivity contribution >= 4 is 24.4 Å². The van der Waals surface area contributed by atoms with Crippen LogP contribution in [-0.4, -0.2) is 41.0 Å². The Morgan fingerprint density at radius 2 is 2.00 bits per heavy atom. The minimum Gasteiger partial charge on any atom is -0.361 e. The summed E-state index contributed by atoms with van der Waals surface area (Å²) in [5, 5.41) is 6.78. The predicted octanol–water partition coefficient (Wildman–Crippen LogP) is 2.31. The Labute approximate surface area is 145 Å². The number of piperidine rings is 1. The highest BCUT2D eigenvalue weighted by Gasteiger charge is 2.26. The molecule has 0 aliphatic carbocycles. The molecule has 1 aliphatic rings. The highest BCUT2D eigenvalue weighted by Crippen LogP contribution is 2.17. The van der Waals surface area contributed by atoms with Gasteiger partial charge < -0.3 is 14.7 Å². The summed E-state index contributed by atoms with van der Waals surface area (Å²) in [6.45, 7) is 2.92. The van der Waals surface area contributed by atoms with Gasteiger partial charge in [0.05, 0.1) is 5.56 Å². The second kappa shape index (κ2) is 7.09. The van der Waals surface area contributed by atoms with E-state index in [1.165, 1.54) is 0 Å². The van der Waals surface area contributed by atoms with E-state index in [-0.39, 0.29) is 17.9 Å².